The fraction of sp³-hybridized carbons (Fsp3) is 0.533. The summed E-state index contributed by atoms with van der Waals surface area (Å²) in [6.45, 7) is 2.75. The summed E-state index contributed by atoms with van der Waals surface area (Å²) < 4.78 is 6.43. The summed E-state index contributed by atoms with van der Waals surface area (Å²) in [5, 5.41) is 9.33. The van der Waals surface area contributed by atoms with Gasteiger partial charge in [-0.25, -0.2) is 0 Å². The third-order valence-corrected chi connectivity index (χ3v) is 4.22. The lowest BCUT2D eigenvalue weighted by molar-refractivity contribution is -0.138. The fourth-order valence-corrected chi connectivity index (χ4v) is 3.07. The molecule has 2 rings (SSSR count). The molecule has 0 spiro atoms. The molecular weight excluding hydrogens is 322 g/mol. The fourth-order valence-electron chi connectivity index (χ4n) is 2.46. The number of ether oxygens (including phenoxy) is 1. The molecule has 1 heterocycles. The highest BCUT2D eigenvalue weighted by Gasteiger charge is 2.26. The smallest absolute Gasteiger partial charge is 0.260 e. The average Bonchev–Trinajstić information content (AvgIpc) is 2.46. The maximum atomic E-state index is 12.2. The van der Waals surface area contributed by atoms with Gasteiger partial charge in [0, 0.05) is 6.54 Å². The van der Waals surface area contributed by atoms with Gasteiger partial charge in [-0.15, -0.1) is 0 Å². The standard InChI is InChI=1S/C15H20BrNO3/c1-11-5-6-14(13(16)8-11)20-10-15(19)17-7-3-2-4-12(17)9-18/h5-6,8,12,18H,2-4,7,9-10H2,1H3. The molecule has 1 aliphatic rings. The van der Waals surface area contributed by atoms with Crippen molar-refractivity contribution >= 4 is 21.8 Å². The first-order valence-corrected chi connectivity index (χ1v) is 7.70. The summed E-state index contributed by atoms with van der Waals surface area (Å²) in [5.74, 6) is 0.609. The van der Waals surface area contributed by atoms with Crippen LogP contribution in [0.1, 0.15) is 24.8 Å². The van der Waals surface area contributed by atoms with E-state index in [0.717, 1.165) is 29.3 Å². The zero-order valence-corrected chi connectivity index (χ0v) is 13.2. The van der Waals surface area contributed by atoms with Crippen molar-refractivity contribution in [2.75, 3.05) is 19.8 Å². The number of hydrogen-bond acceptors (Lipinski definition) is 3. The zero-order chi connectivity index (χ0) is 14.5. The lowest BCUT2D eigenvalue weighted by Gasteiger charge is -2.34. The second-order valence-corrected chi connectivity index (χ2v) is 6.00. The number of aliphatic hydroxyl groups excluding tert-OH is 1. The first kappa shape index (κ1) is 15.3. The van der Waals surface area contributed by atoms with Crippen LogP contribution in [0.3, 0.4) is 0 Å². The minimum absolute atomic E-state index is 0.0121. The van der Waals surface area contributed by atoms with E-state index in [2.05, 4.69) is 15.9 Å². The third kappa shape index (κ3) is 3.73. The maximum absolute atomic E-state index is 12.2. The molecule has 1 fully saturated rings. The van der Waals surface area contributed by atoms with Gasteiger partial charge in [0.15, 0.2) is 6.61 Å². The van der Waals surface area contributed by atoms with Gasteiger partial charge in [-0.3, -0.25) is 4.79 Å². The van der Waals surface area contributed by atoms with E-state index in [4.69, 9.17) is 4.74 Å². The Morgan fingerprint density at radius 2 is 2.30 bits per heavy atom. The van der Waals surface area contributed by atoms with Crippen molar-refractivity contribution in [3.05, 3.63) is 28.2 Å². The largest absolute Gasteiger partial charge is 0.483 e. The molecular formula is C15H20BrNO3. The van der Waals surface area contributed by atoms with Crippen molar-refractivity contribution in [2.24, 2.45) is 0 Å². The van der Waals surface area contributed by atoms with Crippen molar-refractivity contribution in [1.29, 1.82) is 0 Å². The number of benzene rings is 1. The quantitative estimate of drug-likeness (QED) is 0.915. The Balaban J connectivity index is 1.94. The zero-order valence-electron chi connectivity index (χ0n) is 11.6. The first-order chi connectivity index (χ1) is 9.61. The molecule has 1 aliphatic heterocycles. The normalized spacial score (nSPS) is 18.9. The number of nitrogens with zero attached hydrogens (tertiary/aromatic N) is 1. The van der Waals surface area contributed by atoms with E-state index >= 15 is 0 Å². The monoisotopic (exact) mass is 341 g/mol. The van der Waals surface area contributed by atoms with Crippen molar-refractivity contribution in [1.82, 2.24) is 4.90 Å². The van der Waals surface area contributed by atoms with Crippen LogP contribution >= 0.6 is 15.9 Å². The molecule has 1 amide bonds. The Bertz CT molecular complexity index is 478. The Hall–Kier alpha value is -1.07. The topological polar surface area (TPSA) is 49.8 Å². The van der Waals surface area contributed by atoms with Crippen LogP contribution < -0.4 is 4.74 Å². The minimum Gasteiger partial charge on any atom is -0.483 e. The van der Waals surface area contributed by atoms with Crippen molar-refractivity contribution < 1.29 is 14.6 Å². The van der Waals surface area contributed by atoms with E-state index in [1.165, 1.54) is 0 Å². The SMILES string of the molecule is Cc1ccc(OCC(=O)N2CCCCC2CO)c(Br)c1. The molecule has 0 saturated carbocycles. The number of rotatable bonds is 4. The van der Waals surface area contributed by atoms with Crippen LogP contribution in [-0.4, -0.2) is 41.7 Å². The lowest BCUT2D eigenvalue weighted by atomic mass is 10.0. The molecule has 1 aromatic carbocycles. The third-order valence-electron chi connectivity index (χ3n) is 3.60. The number of amides is 1. The van der Waals surface area contributed by atoms with Crippen LogP contribution in [0.5, 0.6) is 5.75 Å². The van der Waals surface area contributed by atoms with E-state index in [-0.39, 0.29) is 25.2 Å². The maximum Gasteiger partial charge on any atom is 0.260 e. The number of piperidine rings is 1. The van der Waals surface area contributed by atoms with Crippen LogP contribution in [0.15, 0.2) is 22.7 Å². The van der Waals surface area contributed by atoms with Crippen molar-refractivity contribution in [2.45, 2.75) is 32.2 Å². The number of aryl methyl sites for hydroxylation is 1. The molecule has 20 heavy (non-hydrogen) atoms. The number of likely N-dealkylation sites (tertiary alicyclic amines) is 1. The Kier molecular flexibility index (Phi) is 5.43. The van der Waals surface area contributed by atoms with Gasteiger partial charge in [0.1, 0.15) is 5.75 Å². The van der Waals surface area contributed by atoms with E-state index in [0.29, 0.717) is 12.3 Å². The van der Waals surface area contributed by atoms with Gasteiger partial charge in [0.05, 0.1) is 17.1 Å². The number of hydrogen-bond donors (Lipinski definition) is 1. The summed E-state index contributed by atoms with van der Waals surface area (Å²) in [7, 11) is 0. The number of carbonyl (C=O) groups excluding carboxylic acids is 1. The van der Waals surface area contributed by atoms with Crippen LogP contribution in [0.4, 0.5) is 0 Å². The van der Waals surface area contributed by atoms with E-state index < -0.39 is 0 Å². The van der Waals surface area contributed by atoms with Gasteiger partial charge in [0.25, 0.3) is 5.91 Å². The van der Waals surface area contributed by atoms with Crippen molar-refractivity contribution in [3.8, 4) is 5.75 Å². The number of halogens is 1. The second-order valence-electron chi connectivity index (χ2n) is 5.14. The Morgan fingerprint density at radius 3 is 3.00 bits per heavy atom. The van der Waals surface area contributed by atoms with Gasteiger partial charge < -0.3 is 14.7 Å². The van der Waals surface area contributed by atoms with Gasteiger partial charge >= 0.3 is 0 Å². The summed E-state index contributed by atoms with van der Waals surface area (Å²) in [4.78, 5) is 13.9. The highest BCUT2D eigenvalue weighted by atomic mass is 79.9. The van der Waals surface area contributed by atoms with Crippen LogP contribution in [0, 0.1) is 6.92 Å². The Morgan fingerprint density at radius 1 is 1.50 bits per heavy atom. The highest BCUT2D eigenvalue weighted by molar-refractivity contribution is 9.10. The molecule has 4 nitrogen and oxygen atoms in total. The van der Waals surface area contributed by atoms with Gasteiger partial charge in [-0.2, -0.15) is 0 Å². The summed E-state index contributed by atoms with van der Waals surface area (Å²) in [6.07, 6.45) is 2.94. The van der Waals surface area contributed by atoms with Crippen LogP contribution in [0.2, 0.25) is 0 Å². The molecule has 5 heteroatoms. The lowest BCUT2D eigenvalue weighted by Crippen LogP contribution is -2.47. The first-order valence-electron chi connectivity index (χ1n) is 6.91. The molecule has 110 valence electrons. The molecule has 0 radical (unpaired) electrons. The molecule has 0 aliphatic carbocycles. The van der Waals surface area contributed by atoms with Crippen LogP contribution in [-0.2, 0) is 4.79 Å². The van der Waals surface area contributed by atoms with Crippen LogP contribution in [0.25, 0.3) is 0 Å². The second kappa shape index (κ2) is 7.09. The molecule has 0 aromatic heterocycles. The van der Waals surface area contributed by atoms with Gasteiger partial charge in [-0.05, 0) is 59.8 Å². The minimum atomic E-state index is -0.0591. The molecule has 1 atom stereocenters. The number of aliphatic hydroxyl groups is 1. The average molecular weight is 342 g/mol. The molecule has 0 bridgehead atoms. The Labute approximate surface area is 127 Å². The van der Waals surface area contributed by atoms with Gasteiger partial charge in [-0.1, -0.05) is 6.07 Å². The predicted octanol–water partition coefficient (Wildman–Crippen LogP) is 2.51. The molecule has 1 unspecified atom stereocenters. The van der Waals surface area contributed by atoms with E-state index in [1.807, 2.05) is 25.1 Å². The highest BCUT2D eigenvalue weighted by Crippen LogP contribution is 2.26. The van der Waals surface area contributed by atoms with E-state index in [1.54, 1.807) is 4.90 Å². The summed E-state index contributed by atoms with van der Waals surface area (Å²) in [5.41, 5.74) is 1.13. The summed E-state index contributed by atoms with van der Waals surface area (Å²) in [6, 6.07) is 5.70. The number of carbonyl (C=O) groups is 1. The predicted molar refractivity (Wildman–Crippen MR) is 80.8 cm³/mol. The van der Waals surface area contributed by atoms with Gasteiger partial charge in [0.2, 0.25) is 0 Å². The van der Waals surface area contributed by atoms with E-state index in [9.17, 15) is 9.90 Å². The van der Waals surface area contributed by atoms with Crippen molar-refractivity contribution in [3.63, 3.8) is 0 Å². The summed E-state index contributed by atoms with van der Waals surface area (Å²) >= 11 is 3.43. The molecule has 1 saturated heterocycles. The molecule has 1 N–H and O–H groups in total. The molecule has 1 aromatic rings.